The van der Waals surface area contributed by atoms with E-state index in [-0.39, 0.29) is 5.91 Å². The van der Waals surface area contributed by atoms with E-state index in [1.165, 1.54) is 12.8 Å². The predicted octanol–water partition coefficient (Wildman–Crippen LogP) is 1.36. The van der Waals surface area contributed by atoms with E-state index >= 15 is 0 Å². The molecule has 0 aromatic heterocycles. The van der Waals surface area contributed by atoms with Crippen LogP contribution in [0.1, 0.15) is 44.9 Å². The summed E-state index contributed by atoms with van der Waals surface area (Å²) in [5.74, 6) is 0.0119. The quantitative estimate of drug-likeness (QED) is 0.850. The van der Waals surface area contributed by atoms with Gasteiger partial charge in [-0.1, -0.05) is 19.3 Å². The molecule has 1 heterocycles. The number of carbonyl (C=O) groups is 1. The molecule has 21 heavy (non-hydrogen) atoms. The molecule has 5 nitrogen and oxygen atoms in total. The number of nitrogens with zero attached hydrogens (tertiary/aromatic N) is 3. The van der Waals surface area contributed by atoms with Crippen molar-refractivity contribution in [2.45, 2.75) is 56.5 Å². The second-order valence-corrected chi connectivity index (χ2v) is 6.80. The first kappa shape index (κ1) is 16.3. The third-order valence-corrected chi connectivity index (χ3v) is 4.88. The molecule has 1 amide bonds. The molecule has 2 aliphatic rings. The second kappa shape index (κ2) is 7.24. The molecular formula is C16H28N4O. The molecule has 2 rings (SSSR count). The average Bonchev–Trinajstić information content (AvgIpc) is 2.48. The Kier molecular flexibility index (Phi) is 5.60. The van der Waals surface area contributed by atoms with Gasteiger partial charge in [-0.05, 0) is 46.3 Å². The maximum absolute atomic E-state index is 12.3. The van der Waals surface area contributed by atoms with Gasteiger partial charge in [0, 0.05) is 12.6 Å². The van der Waals surface area contributed by atoms with Crippen LogP contribution in [0.2, 0.25) is 0 Å². The number of likely N-dealkylation sites (N-methyl/N-ethyl adjacent to an activating group) is 1. The molecular weight excluding hydrogens is 264 g/mol. The molecule has 0 spiro atoms. The van der Waals surface area contributed by atoms with Crippen molar-refractivity contribution in [1.82, 2.24) is 15.1 Å². The zero-order valence-electron chi connectivity index (χ0n) is 13.4. The molecule has 1 atom stereocenters. The van der Waals surface area contributed by atoms with Gasteiger partial charge in [-0.15, -0.1) is 0 Å². The lowest BCUT2D eigenvalue weighted by molar-refractivity contribution is -0.124. The van der Waals surface area contributed by atoms with Crippen LogP contribution < -0.4 is 5.32 Å². The largest absolute Gasteiger partial charge is 0.337 e. The van der Waals surface area contributed by atoms with Gasteiger partial charge in [0.05, 0.1) is 12.6 Å². The van der Waals surface area contributed by atoms with Crippen LogP contribution >= 0.6 is 0 Å². The van der Waals surface area contributed by atoms with E-state index in [0.717, 1.165) is 45.2 Å². The summed E-state index contributed by atoms with van der Waals surface area (Å²) in [5, 5.41) is 12.4. The van der Waals surface area contributed by atoms with Crippen LogP contribution in [0.25, 0.3) is 0 Å². The van der Waals surface area contributed by atoms with E-state index in [4.69, 9.17) is 0 Å². The highest BCUT2D eigenvalue weighted by atomic mass is 16.2. The minimum Gasteiger partial charge on any atom is -0.337 e. The third-order valence-electron chi connectivity index (χ3n) is 4.88. The lowest BCUT2D eigenvalue weighted by atomic mass is 9.83. The minimum absolute atomic E-state index is 0.0119. The number of nitriles is 1. The Morgan fingerprint density at radius 3 is 2.67 bits per heavy atom. The van der Waals surface area contributed by atoms with Crippen molar-refractivity contribution >= 4 is 5.91 Å². The van der Waals surface area contributed by atoms with E-state index in [1.54, 1.807) is 0 Å². The Morgan fingerprint density at radius 1 is 1.33 bits per heavy atom. The topological polar surface area (TPSA) is 59.4 Å². The number of hydrogen-bond donors (Lipinski definition) is 1. The Labute approximate surface area is 128 Å². The van der Waals surface area contributed by atoms with Gasteiger partial charge >= 0.3 is 0 Å². The summed E-state index contributed by atoms with van der Waals surface area (Å²) in [6.45, 7) is 2.35. The van der Waals surface area contributed by atoms with Gasteiger partial charge in [0.2, 0.25) is 5.91 Å². The number of rotatable bonds is 4. The number of nitrogens with one attached hydrogen (secondary N) is 1. The molecule has 1 aliphatic carbocycles. The standard InChI is InChI=1S/C16H28N4O/c1-19(2)14-7-6-10-20(11-14)12-15(21)18-16(13-17)8-4-3-5-9-16/h14H,3-12H2,1-2H3,(H,18,21)/t14-/m1/s1. The number of likely N-dealkylation sites (tertiary alicyclic amines) is 1. The highest BCUT2D eigenvalue weighted by Gasteiger charge is 2.34. The van der Waals surface area contributed by atoms with Crippen molar-refractivity contribution in [2.75, 3.05) is 33.7 Å². The summed E-state index contributed by atoms with van der Waals surface area (Å²) >= 11 is 0. The summed E-state index contributed by atoms with van der Waals surface area (Å²) in [6, 6.07) is 2.89. The molecule has 0 bridgehead atoms. The lowest BCUT2D eigenvalue weighted by Gasteiger charge is -2.37. The summed E-state index contributed by atoms with van der Waals surface area (Å²) in [5.41, 5.74) is -0.605. The maximum Gasteiger partial charge on any atom is 0.235 e. The molecule has 5 heteroatoms. The molecule has 0 unspecified atom stereocenters. The first-order valence-electron chi connectivity index (χ1n) is 8.16. The Balaban J connectivity index is 1.85. The van der Waals surface area contributed by atoms with Crippen molar-refractivity contribution < 1.29 is 4.79 Å². The second-order valence-electron chi connectivity index (χ2n) is 6.80. The third kappa shape index (κ3) is 4.42. The van der Waals surface area contributed by atoms with Crippen LogP contribution in [0.3, 0.4) is 0 Å². The maximum atomic E-state index is 12.3. The predicted molar refractivity (Wildman–Crippen MR) is 82.7 cm³/mol. The summed E-state index contributed by atoms with van der Waals surface area (Å²) < 4.78 is 0. The number of amides is 1. The Morgan fingerprint density at radius 2 is 2.05 bits per heavy atom. The van der Waals surface area contributed by atoms with Gasteiger partial charge in [0.25, 0.3) is 0 Å². The lowest BCUT2D eigenvalue weighted by Crippen LogP contribution is -2.53. The van der Waals surface area contributed by atoms with Crippen LogP contribution in [-0.2, 0) is 4.79 Å². The highest BCUT2D eigenvalue weighted by molar-refractivity contribution is 5.79. The number of hydrogen-bond acceptors (Lipinski definition) is 4. The fourth-order valence-electron chi connectivity index (χ4n) is 3.53. The number of piperidine rings is 1. The molecule has 0 aromatic carbocycles. The van der Waals surface area contributed by atoms with Crippen molar-refractivity contribution in [2.24, 2.45) is 0 Å². The van der Waals surface area contributed by atoms with Gasteiger partial charge in [-0.2, -0.15) is 5.26 Å². The SMILES string of the molecule is CN(C)[C@@H]1CCCN(CC(=O)NC2(C#N)CCCCC2)C1. The highest BCUT2D eigenvalue weighted by Crippen LogP contribution is 2.27. The average molecular weight is 292 g/mol. The molecule has 1 aliphatic heterocycles. The van der Waals surface area contributed by atoms with Gasteiger partial charge in [-0.25, -0.2) is 0 Å². The summed E-state index contributed by atoms with van der Waals surface area (Å²) in [7, 11) is 4.20. The molecule has 118 valence electrons. The first-order valence-corrected chi connectivity index (χ1v) is 8.16. The van der Waals surface area contributed by atoms with E-state index in [2.05, 4.69) is 35.3 Å². The van der Waals surface area contributed by atoms with Gasteiger partial charge in [0.1, 0.15) is 5.54 Å². The van der Waals surface area contributed by atoms with Crippen molar-refractivity contribution in [3.8, 4) is 6.07 Å². The van der Waals surface area contributed by atoms with Crippen LogP contribution in [-0.4, -0.2) is 61.0 Å². The fraction of sp³-hybridized carbons (Fsp3) is 0.875. The van der Waals surface area contributed by atoms with Crippen molar-refractivity contribution in [3.05, 3.63) is 0 Å². The van der Waals surface area contributed by atoms with E-state index in [9.17, 15) is 10.1 Å². The summed E-state index contributed by atoms with van der Waals surface area (Å²) in [6.07, 6.45) is 7.20. The fourth-order valence-corrected chi connectivity index (χ4v) is 3.53. The zero-order valence-corrected chi connectivity index (χ0v) is 13.4. The van der Waals surface area contributed by atoms with E-state index in [1.807, 2.05) is 0 Å². The molecule has 1 N–H and O–H groups in total. The Bertz CT molecular complexity index is 396. The van der Waals surface area contributed by atoms with E-state index < -0.39 is 5.54 Å². The van der Waals surface area contributed by atoms with Crippen LogP contribution in [0.15, 0.2) is 0 Å². The smallest absolute Gasteiger partial charge is 0.235 e. The minimum atomic E-state index is -0.605. The first-order chi connectivity index (χ1) is 10.0. The van der Waals surface area contributed by atoms with E-state index in [0.29, 0.717) is 12.6 Å². The molecule has 1 saturated carbocycles. The molecule has 0 aromatic rings. The molecule has 2 fully saturated rings. The molecule has 0 radical (unpaired) electrons. The molecule has 1 saturated heterocycles. The Hall–Kier alpha value is -1.12. The zero-order chi connectivity index (χ0) is 15.3. The van der Waals surface area contributed by atoms with Crippen LogP contribution in [0.4, 0.5) is 0 Å². The van der Waals surface area contributed by atoms with Crippen molar-refractivity contribution in [1.29, 1.82) is 5.26 Å². The van der Waals surface area contributed by atoms with Crippen LogP contribution in [0, 0.1) is 11.3 Å². The number of carbonyl (C=O) groups excluding carboxylic acids is 1. The van der Waals surface area contributed by atoms with Gasteiger partial charge < -0.3 is 10.2 Å². The summed E-state index contributed by atoms with van der Waals surface area (Å²) in [4.78, 5) is 16.8. The monoisotopic (exact) mass is 292 g/mol. The van der Waals surface area contributed by atoms with Gasteiger partial charge in [-0.3, -0.25) is 9.69 Å². The van der Waals surface area contributed by atoms with Crippen LogP contribution in [0.5, 0.6) is 0 Å². The normalized spacial score (nSPS) is 26.3. The van der Waals surface area contributed by atoms with Crippen molar-refractivity contribution in [3.63, 3.8) is 0 Å². The van der Waals surface area contributed by atoms with Gasteiger partial charge in [0.15, 0.2) is 0 Å².